The van der Waals surface area contributed by atoms with Crippen LogP contribution in [0, 0.1) is 0 Å². The van der Waals surface area contributed by atoms with Crippen LogP contribution in [0.2, 0.25) is 0 Å². The second kappa shape index (κ2) is 6.91. The molecule has 2 atom stereocenters. The third kappa shape index (κ3) is 4.06. The molecule has 1 N–H and O–H groups in total. The van der Waals surface area contributed by atoms with Gasteiger partial charge in [0.1, 0.15) is 0 Å². The zero-order valence-corrected chi connectivity index (χ0v) is 13.5. The minimum atomic E-state index is 0.489. The van der Waals surface area contributed by atoms with Crippen molar-refractivity contribution in [1.82, 2.24) is 15.1 Å². The summed E-state index contributed by atoms with van der Waals surface area (Å²) in [6.07, 6.45) is 5.37. The summed E-state index contributed by atoms with van der Waals surface area (Å²) in [6.45, 7) is 3.52. The van der Waals surface area contributed by atoms with E-state index < -0.39 is 0 Å². The molecule has 3 rings (SSSR count). The SMILES string of the molecule is CN1CCCC(N(C)C(CNC2CC2)c2ccccc2)C1. The second-order valence-electron chi connectivity index (χ2n) is 6.83. The number of likely N-dealkylation sites (N-methyl/N-ethyl adjacent to an activating group) is 2. The minimum absolute atomic E-state index is 0.489. The molecule has 116 valence electrons. The molecule has 3 heteroatoms. The molecule has 2 unspecified atom stereocenters. The third-order valence-corrected chi connectivity index (χ3v) is 5.03. The molecule has 0 bridgehead atoms. The van der Waals surface area contributed by atoms with Crippen molar-refractivity contribution in [2.45, 2.75) is 43.8 Å². The molecular formula is C18H29N3. The molecule has 2 fully saturated rings. The number of nitrogens with one attached hydrogen (secondary N) is 1. The van der Waals surface area contributed by atoms with Crippen LogP contribution >= 0.6 is 0 Å². The van der Waals surface area contributed by atoms with E-state index in [-0.39, 0.29) is 0 Å². The van der Waals surface area contributed by atoms with Gasteiger partial charge in [0.05, 0.1) is 0 Å². The number of hydrogen-bond donors (Lipinski definition) is 1. The van der Waals surface area contributed by atoms with Crippen LogP contribution in [0.25, 0.3) is 0 Å². The summed E-state index contributed by atoms with van der Waals surface area (Å²) in [5.74, 6) is 0. The summed E-state index contributed by atoms with van der Waals surface area (Å²) < 4.78 is 0. The highest BCUT2D eigenvalue weighted by molar-refractivity contribution is 5.20. The molecule has 3 nitrogen and oxygen atoms in total. The van der Waals surface area contributed by atoms with E-state index in [0.717, 1.165) is 12.6 Å². The maximum absolute atomic E-state index is 3.73. The molecular weight excluding hydrogens is 258 g/mol. The quantitative estimate of drug-likeness (QED) is 0.867. The first-order valence-corrected chi connectivity index (χ1v) is 8.43. The lowest BCUT2D eigenvalue weighted by Crippen LogP contribution is -2.48. The van der Waals surface area contributed by atoms with Crippen molar-refractivity contribution < 1.29 is 0 Å². The van der Waals surface area contributed by atoms with Crippen LogP contribution in [0.5, 0.6) is 0 Å². The summed E-state index contributed by atoms with van der Waals surface area (Å²) >= 11 is 0. The van der Waals surface area contributed by atoms with Gasteiger partial charge in [0.25, 0.3) is 0 Å². The predicted molar refractivity (Wildman–Crippen MR) is 88.5 cm³/mol. The van der Waals surface area contributed by atoms with Gasteiger partial charge in [0, 0.05) is 31.2 Å². The molecule has 1 saturated heterocycles. The van der Waals surface area contributed by atoms with Gasteiger partial charge < -0.3 is 10.2 Å². The Balaban J connectivity index is 1.70. The highest BCUT2D eigenvalue weighted by Gasteiger charge is 2.29. The number of benzene rings is 1. The molecule has 1 aliphatic carbocycles. The fourth-order valence-corrected chi connectivity index (χ4v) is 3.46. The second-order valence-corrected chi connectivity index (χ2v) is 6.83. The first-order chi connectivity index (χ1) is 10.2. The highest BCUT2D eigenvalue weighted by atomic mass is 15.2. The van der Waals surface area contributed by atoms with Crippen LogP contribution in [-0.4, -0.2) is 55.6 Å². The van der Waals surface area contributed by atoms with E-state index in [0.29, 0.717) is 12.1 Å². The maximum atomic E-state index is 3.73. The Labute approximate surface area is 129 Å². The van der Waals surface area contributed by atoms with Gasteiger partial charge in [0.15, 0.2) is 0 Å². The van der Waals surface area contributed by atoms with Crippen LogP contribution in [0.4, 0.5) is 0 Å². The summed E-state index contributed by atoms with van der Waals surface area (Å²) in [7, 11) is 4.57. The van der Waals surface area contributed by atoms with Gasteiger partial charge in [-0.25, -0.2) is 0 Å². The fourth-order valence-electron chi connectivity index (χ4n) is 3.46. The fraction of sp³-hybridized carbons (Fsp3) is 0.667. The Hall–Kier alpha value is -0.900. The summed E-state index contributed by atoms with van der Waals surface area (Å²) in [5.41, 5.74) is 1.45. The van der Waals surface area contributed by atoms with Crippen molar-refractivity contribution in [2.75, 3.05) is 33.7 Å². The normalized spacial score (nSPS) is 25.2. The minimum Gasteiger partial charge on any atom is -0.312 e. The third-order valence-electron chi connectivity index (χ3n) is 5.03. The number of piperidine rings is 1. The van der Waals surface area contributed by atoms with E-state index in [1.165, 1.54) is 44.3 Å². The van der Waals surface area contributed by atoms with Crippen molar-refractivity contribution in [2.24, 2.45) is 0 Å². The summed E-state index contributed by atoms with van der Waals surface area (Å²) in [4.78, 5) is 5.08. The average Bonchev–Trinajstić information content (AvgIpc) is 3.32. The molecule has 1 aliphatic heterocycles. The largest absolute Gasteiger partial charge is 0.312 e. The van der Waals surface area contributed by atoms with Gasteiger partial charge in [-0.3, -0.25) is 4.90 Å². The number of hydrogen-bond acceptors (Lipinski definition) is 3. The Kier molecular flexibility index (Phi) is 4.94. The molecule has 1 aromatic rings. The Morgan fingerprint density at radius 3 is 2.67 bits per heavy atom. The number of nitrogens with zero attached hydrogens (tertiary/aromatic N) is 2. The predicted octanol–water partition coefficient (Wildman–Crippen LogP) is 2.51. The van der Waals surface area contributed by atoms with Gasteiger partial charge in [-0.05, 0) is 51.9 Å². The Morgan fingerprint density at radius 1 is 1.24 bits per heavy atom. The standard InChI is InChI=1S/C18H29N3/c1-20-12-6-9-17(14-20)21(2)18(13-19-16-10-11-16)15-7-4-3-5-8-15/h3-5,7-8,16-19H,6,9-14H2,1-2H3. The van der Waals surface area contributed by atoms with Crippen molar-refractivity contribution in [3.63, 3.8) is 0 Å². The number of rotatable bonds is 6. The van der Waals surface area contributed by atoms with Crippen molar-refractivity contribution >= 4 is 0 Å². The van der Waals surface area contributed by atoms with E-state index in [1.807, 2.05) is 0 Å². The van der Waals surface area contributed by atoms with Crippen LogP contribution in [-0.2, 0) is 0 Å². The lowest BCUT2D eigenvalue weighted by atomic mass is 9.99. The van der Waals surface area contributed by atoms with Crippen LogP contribution in [0.1, 0.15) is 37.3 Å². The lowest BCUT2D eigenvalue weighted by Gasteiger charge is -2.40. The van der Waals surface area contributed by atoms with Crippen LogP contribution < -0.4 is 5.32 Å². The lowest BCUT2D eigenvalue weighted by molar-refractivity contribution is 0.0972. The summed E-state index contributed by atoms with van der Waals surface area (Å²) in [6, 6.07) is 12.9. The van der Waals surface area contributed by atoms with E-state index in [1.54, 1.807) is 0 Å². The average molecular weight is 287 g/mol. The molecule has 21 heavy (non-hydrogen) atoms. The van der Waals surface area contributed by atoms with Gasteiger partial charge in [0.2, 0.25) is 0 Å². The van der Waals surface area contributed by atoms with Gasteiger partial charge in [-0.1, -0.05) is 30.3 Å². The molecule has 1 aromatic carbocycles. The monoisotopic (exact) mass is 287 g/mol. The van der Waals surface area contributed by atoms with Crippen LogP contribution in [0.15, 0.2) is 30.3 Å². The van der Waals surface area contributed by atoms with Gasteiger partial charge >= 0.3 is 0 Å². The zero-order valence-electron chi connectivity index (χ0n) is 13.5. The van der Waals surface area contributed by atoms with Gasteiger partial charge in [-0.15, -0.1) is 0 Å². The first-order valence-electron chi connectivity index (χ1n) is 8.43. The molecule has 0 aromatic heterocycles. The van der Waals surface area contributed by atoms with Crippen molar-refractivity contribution in [1.29, 1.82) is 0 Å². The van der Waals surface area contributed by atoms with Gasteiger partial charge in [-0.2, -0.15) is 0 Å². The molecule has 0 spiro atoms. The Bertz CT molecular complexity index is 429. The molecule has 0 amide bonds. The topological polar surface area (TPSA) is 18.5 Å². The van der Waals surface area contributed by atoms with E-state index in [2.05, 4.69) is 59.5 Å². The number of likely N-dealkylation sites (tertiary alicyclic amines) is 1. The van der Waals surface area contributed by atoms with Crippen LogP contribution in [0.3, 0.4) is 0 Å². The molecule has 1 heterocycles. The maximum Gasteiger partial charge on any atom is 0.0473 e. The highest BCUT2D eigenvalue weighted by Crippen LogP contribution is 2.26. The Morgan fingerprint density at radius 2 is 2.00 bits per heavy atom. The zero-order chi connectivity index (χ0) is 14.7. The van der Waals surface area contributed by atoms with E-state index in [9.17, 15) is 0 Å². The molecule has 0 radical (unpaired) electrons. The first kappa shape index (κ1) is 15.0. The van der Waals surface area contributed by atoms with Crippen molar-refractivity contribution in [3.8, 4) is 0 Å². The molecule has 2 aliphatic rings. The van der Waals surface area contributed by atoms with E-state index >= 15 is 0 Å². The summed E-state index contributed by atoms with van der Waals surface area (Å²) in [5, 5.41) is 3.73. The van der Waals surface area contributed by atoms with Crippen molar-refractivity contribution in [3.05, 3.63) is 35.9 Å². The van der Waals surface area contributed by atoms with E-state index in [4.69, 9.17) is 0 Å². The smallest absolute Gasteiger partial charge is 0.0473 e. The molecule has 1 saturated carbocycles.